The van der Waals surface area contributed by atoms with Gasteiger partial charge in [-0.25, -0.2) is 0 Å². The molecular weight excluding hydrogens is 248 g/mol. The molecule has 1 heterocycles. The Balaban J connectivity index is 2.36. The van der Waals surface area contributed by atoms with Crippen LogP contribution in [0.2, 0.25) is 0 Å². The number of rotatable bonds is 3. The van der Waals surface area contributed by atoms with Crippen molar-refractivity contribution in [3.05, 3.63) is 51.3 Å². The molecule has 0 aliphatic rings. The monoisotopic (exact) mass is 270 g/mol. The van der Waals surface area contributed by atoms with Crippen molar-refractivity contribution in [1.82, 2.24) is 9.78 Å². The van der Waals surface area contributed by atoms with E-state index >= 15 is 0 Å². The number of hydrogen-bond donors (Lipinski definition) is 0. The highest BCUT2D eigenvalue weighted by Crippen LogP contribution is 2.20. The van der Waals surface area contributed by atoms with Crippen LogP contribution >= 0.6 is 0 Å². The van der Waals surface area contributed by atoms with Crippen LogP contribution < -0.4 is 0 Å². The highest BCUT2D eigenvalue weighted by atomic mass is 16.1. The number of nitrogens with zero attached hydrogens (tertiary/aromatic N) is 2. The summed E-state index contributed by atoms with van der Waals surface area (Å²) in [6, 6.07) is 4.10. The van der Waals surface area contributed by atoms with Crippen LogP contribution in [0.5, 0.6) is 0 Å². The Morgan fingerprint density at radius 2 is 1.65 bits per heavy atom. The van der Waals surface area contributed by atoms with E-state index in [1.54, 1.807) is 0 Å². The third-order valence-electron chi connectivity index (χ3n) is 4.14. The highest BCUT2D eigenvalue weighted by molar-refractivity contribution is 5.99. The molecule has 0 saturated heterocycles. The first-order chi connectivity index (χ1) is 9.31. The van der Waals surface area contributed by atoms with E-state index in [1.807, 2.05) is 45.5 Å². The van der Waals surface area contributed by atoms with Crippen molar-refractivity contribution in [2.45, 2.75) is 41.0 Å². The summed E-state index contributed by atoms with van der Waals surface area (Å²) in [6.45, 7) is 10.1. The van der Waals surface area contributed by atoms with Crippen molar-refractivity contribution in [3.8, 4) is 0 Å². The molecule has 106 valence electrons. The van der Waals surface area contributed by atoms with E-state index < -0.39 is 0 Å². The largest absolute Gasteiger partial charge is 0.294 e. The summed E-state index contributed by atoms with van der Waals surface area (Å²) in [4.78, 5) is 12.6. The third kappa shape index (κ3) is 2.53. The Morgan fingerprint density at radius 1 is 1.05 bits per heavy atom. The fraction of sp³-hybridized carbons (Fsp3) is 0.412. The van der Waals surface area contributed by atoms with Crippen LogP contribution in [0.25, 0.3) is 0 Å². The molecular formula is C17H22N2O. The molecule has 20 heavy (non-hydrogen) atoms. The molecule has 2 rings (SSSR count). The highest BCUT2D eigenvalue weighted by Gasteiger charge is 2.16. The lowest BCUT2D eigenvalue weighted by Crippen LogP contribution is -2.08. The number of ketones is 1. The molecule has 0 amide bonds. The molecule has 3 heteroatoms. The van der Waals surface area contributed by atoms with Gasteiger partial charge in [0, 0.05) is 30.3 Å². The van der Waals surface area contributed by atoms with Crippen LogP contribution in [0, 0.1) is 34.6 Å². The molecule has 0 radical (unpaired) electrons. The summed E-state index contributed by atoms with van der Waals surface area (Å²) >= 11 is 0. The maximum Gasteiger partial charge on any atom is 0.167 e. The van der Waals surface area contributed by atoms with Crippen LogP contribution in [0.1, 0.15) is 44.0 Å². The molecule has 0 aliphatic heterocycles. The minimum Gasteiger partial charge on any atom is -0.294 e. The van der Waals surface area contributed by atoms with Gasteiger partial charge in [-0.3, -0.25) is 9.48 Å². The molecule has 2 aromatic rings. The van der Waals surface area contributed by atoms with Crippen LogP contribution in [-0.2, 0) is 13.5 Å². The van der Waals surface area contributed by atoms with Crippen molar-refractivity contribution in [1.29, 1.82) is 0 Å². The van der Waals surface area contributed by atoms with E-state index in [4.69, 9.17) is 0 Å². The lowest BCUT2D eigenvalue weighted by atomic mass is 9.94. The van der Waals surface area contributed by atoms with Crippen LogP contribution in [0.3, 0.4) is 0 Å². The van der Waals surface area contributed by atoms with E-state index in [0.717, 1.165) is 28.1 Å². The molecule has 1 aromatic heterocycles. The fourth-order valence-corrected chi connectivity index (χ4v) is 2.59. The van der Waals surface area contributed by atoms with E-state index in [1.165, 1.54) is 11.1 Å². The van der Waals surface area contributed by atoms with E-state index in [-0.39, 0.29) is 5.78 Å². The average Bonchev–Trinajstić information content (AvgIpc) is 2.60. The Morgan fingerprint density at radius 3 is 2.20 bits per heavy atom. The summed E-state index contributed by atoms with van der Waals surface area (Å²) in [6.07, 6.45) is 0.425. The fourth-order valence-electron chi connectivity index (χ4n) is 2.59. The lowest BCUT2D eigenvalue weighted by Gasteiger charge is -2.09. The first-order valence-electron chi connectivity index (χ1n) is 6.91. The van der Waals surface area contributed by atoms with Gasteiger partial charge in [-0.2, -0.15) is 5.10 Å². The van der Waals surface area contributed by atoms with Gasteiger partial charge in [-0.05, 0) is 57.4 Å². The van der Waals surface area contributed by atoms with Crippen LogP contribution in [0.4, 0.5) is 0 Å². The Hall–Kier alpha value is -1.90. The molecule has 0 bridgehead atoms. The maximum atomic E-state index is 12.6. The van der Waals surface area contributed by atoms with Crippen molar-refractivity contribution in [3.63, 3.8) is 0 Å². The Kier molecular flexibility index (Phi) is 3.80. The van der Waals surface area contributed by atoms with Crippen LogP contribution in [0.15, 0.2) is 12.1 Å². The lowest BCUT2D eigenvalue weighted by molar-refractivity contribution is 0.0992. The second-order valence-electron chi connectivity index (χ2n) is 5.62. The third-order valence-corrected chi connectivity index (χ3v) is 4.14. The molecule has 0 fully saturated rings. The zero-order chi connectivity index (χ0) is 15.0. The van der Waals surface area contributed by atoms with Crippen molar-refractivity contribution in [2.24, 2.45) is 7.05 Å². The van der Waals surface area contributed by atoms with Gasteiger partial charge in [0.15, 0.2) is 5.78 Å². The zero-order valence-electron chi connectivity index (χ0n) is 13.2. The van der Waals surface area contributed by atoms with Gasteiger partial charge < -0.3 is 0 Å². The number of carbonyl (C=O) groups is 1. The second-order valence-corrected chi connectivity index (χ2v) is 5.62. The minimum atomic E-state index is 0.171. The van der Waals surface area contributed by atoms with Gasteiger partial charge in [-0.1, -0.05) is 6.07 Å². The van der Waals surface area contributed by atoms with Crippen molar-refractivity contribution < 1.29 is 4.79 Å². The van der Waals surface area contributed by atoms with Crippen molar-refractivity contribution in [2.75, 3.05) is 0 Å². The van der Waals surface area contributed by atoms with Crippen LogP contribution in [-0.4, -0.2) is 15.6 Å². The standard InChI is InChI=1S/C17H22N2O/c1-10-7-12(3)15(8-11(10)2)17(20)9-16-13(4)18-19(6)14(16)5/h7-8H,9H2,1-6H3. The molecule has 0 N–H and O–H groups in total. The topological polar surface area (TPSA) is 34.9 Å². The number of Topliss-reactive ketones (excluding diaryl/α,β-unsaturated/α-hetero) is 1. The van der Waals surface area contributed by atoms with Gasteiger partial charge in [0.05, 0.1) is 5.69 Å². The van der Waals surface area contributed by atoms with E-state index in [9.17, 15) is 4.79 Å². The SMILES string of the molecule is Cc1cc(C)c(C(=O)Cc2c(C)nn(C)c2C)cc1C. The van der Waals surface area contributed by atoms with E-state index in [2.05, 4.69) is 18.1 Å². The summed E-state index contributed by atoms with van der Waals surface area (Å²) in [5, 5.41) is 4.38. The first kappa shape index (κ1) is 14.5. The van der Waals surface area contributed by atoms with Gasteiger partial charge in [0.1, 0.15) is 0 Å². The van der Waals surface area contributed by atoms with Gasteiger partial charge in [0.2, 0.25) is 0 Å². The molecule has 1 aromatic carbocycles. The predicted octanol–water partition coefficient (Wildman–Crippen LogP) is 3.39. The summed E-state index contributed by atoms with van der Waals surface area (Å²) in [5.41, 5.74) is 7.34. The molecule has 0 atom stereocenters. The van der Waals surface area contributed by atoms with Crippen molar-refractivity contribution >= 4 is 5.78 Å². The summed E-state index contributed by atoms with van der Waals surface area (Å²) in [5.74, 6) is 0.171. The maximum absolute atomic E-state index is 12.6. The molecule has 0 aliphatic carbocycles. The number of benzene rings is 1. The Bertz CT molecular complexity index is 681. The summed E-state index contributed by atoms with van der Waals surface area (Å²) in [7, 11) is 1.91. The van der Waals surface area contributed by atoms with Gasteiger partial charge in [-0.15, -0.1) is 0 Å². The molecule has 0 spiro atoms. The molecule has 0 saturated carbocycles. The van der Waals surface area contributed by atoms with E-state index in [0.29, 0.717) is 6.42 Å². The smallest absolute Gasteiger partial charge is 0.167 e. The van der Waals surface area contributed by atoms with Gasteiger partial charge in [0.25, 0.3) is 0 Å². The predicted molar refractivity (Wildman–Crippen MR) is 81.4 cm³/mol. The first-order valence-corrected chi connectivity index (χ1v) is 6.91. The molecule has 0 unspecified atom stereocenters. The Labute approximate surface area is 120 Å². The summed E-state index contributed by atoms with van der Waals surface area (Å²) < 4.78 is 1.84. The zero-order valence-corrected chi connectivity index (χ0v) is 13.2. The number of aromatic nitrogens is 2. The number of aryl methyl sites for hydroxylation is 5. The average molecular weight is 270 g/mol. The van der Waals surface area contributed by atoms with Gasteiger partial charge >= 0.3 is 0 Å². The quantitative estimate of drug-likeness (QED) is 0.801. The number of carbonyl (C=O) groups excluding carboxylic acids is 1. The normalized spacial score (nSPS) is 10.9. The minimum absolute atomic E-state index is 0.171. The molecule has 3 nitrogen and oxygen atoms in total. The second kappa shape index (κ2) is 5.23. The number of hydrogen-bond acceptors (Lipinski definition) is 2.